The molecule has 0 atom stereocenters. The number of anilines is 1. The number of aromatic nitrogens is 1. The number of methoxy groups -OCH3 is 1. The Balaban J connectivity index is 1.88. The van der Waals surface area contributed by atoms with Gasteiger partial charge in [-0.25, -0.2) is 14.7 Å². The minimum absolute atomic E-state index is 0.213. The maximum absolute atomic E-state index is 12.4. The van der Waals surface area contributed by atoms with Crippen LogP contribution in [0.4, 0.5) is 10.6 Å². The van der Waals surface area contributed by atoms with Crippen molar-refractivity contribution < 1.29 is 19.1 Å². The van der Waals surface area contributed by atoms with Crippen LogP contribution in [0.2, 0.25) is 0 Å². The Morgan fingerprint density at radius 2 is 1.84 bits per heavy atom. The zero-order valence-corrected chi connectivity index (χ0v) is 14.5. The van der Waals surface area contributed by atoms with Gasteiger partial charge >= 0.3 is 6.03 Å². The zero-order valence-electron chi connectivity index (χ0n) is 14.5. The molecule has 2 heterocycles. The molecule has 3 rings (SSSR count). The molecule has 2 aromatic rings. The summed E-state index contributed by atoms with van der Waals surface area (Å²) in [6.45, 7) is 5.23. The summed E-state index contributed by atoms with van der Waals surface area (Å²) in [5.74, 6) is 1.60. The van der Waals surface area contributed by atoms with Crippen LogP contribution in [0.5, 0.6) is 17.2 Å². The van der Waals surface area contributed by atoms with E-state index < -0.39 is 11.6 Å². The molecule has 1 N–H and O–H groups in total. The average molecular weight is 341 g/mol. The lowest BCUT2D eigenvalue weighted by Gasteiger charge is -2.16. The van der Waals surface area contributed by atoms with E-state index in [1.807, 2.05) is 19.1 Å². The van der Waals surface area contributed by atoms with Crippen LogP contribution in [-0.4, -0.2) is 29.6 Å². The minimum atomic E-state index is -0.958. The molecule has 0 saturated carbocycles. The number of carbonyl (C=O) groups is 2. The van der Waals surface area contributed by atoms with E-state index >= 15 is 0 Å². The molecule has 1 aliphatic rings. The zero-order chi connectivity index (χ0) is 18.2. The number of aryl methyl sites for hydroxylation is 1. The molecule has 130 valence electrons. The first-order valence-electron chi connectivity index (χ1n) is 7.77. The van der Waals surface area contributed by atoms with Gasteiger partial charge in [-0.05, 0) is 38.5 Å². The van der Waals surface area contributed by atoms with Crippen LogP contribution in [-0.2, 0) is 4.79 Å². The van der Waals surface area contributed by atoms with Gasteiger partial charge in [-0.1, -0.05) is 6.07 Å². The van der Waals surface area contributed by atoms with E-state index in [1.54, 1.807) is 39.2 Å². The van der Waals surface area contributed by atoms with Crippen LogP contribution in [0.3, 0.4) is 0 Å². The van der Waals surface area contributed by atoms with Crippen LogP contribution >= 0.6 is 0 Å². The van der Waals surface area contributed by atoms with Crippen LogP contribution in [0.25, 0.3) is 0 Å². The lowest BCUT2D eigenvalue weighted by molar-refractivity contribution is -0.121. The second kappa shape index (κ2) is 6.08. The third-order valence-corrected chi connectivity index (χ3v) is 3.92. The quantitative estimate of drug-likeness (QED) is 0.865. The van der Waals surface area contributed by atoms with E-state index in [9.17, 15) is 9.59 Å². The van der Waals surface area contributed by atoms with Crippen molar-refractivity contribution in [2.45, 2.75) is 26.3 Å². The molecule has 3 amide bonds. The fraction of sp³-hybridized carbons (Fsp3) is 0.278. The molecule has 7 heteroatoms. The Kier molecular flexibility index (Phi) is 4.08. The van der Waals surface area contributed by atoms with Crippen molar-refractivity contribution in [1.29, 1.82) is 0 Å². The van der Waals surface area contributed by atoms with Crippen LogP contribution in [0.1, 0.15) is 19.4 Å². The highest BCUT2D eigenvalue weighted by molar-refractivity contribution is 6.22. The van der Waals surface area contributed by atoms with E-state index in [1.165, 1.54) is 6.20 Å². The molecule has 0 aliphatic carbocycles. The summed E-state index contributed by atoms with van der Waals surface area (Å²) in [4.78, 5) is 29.6. The highest BCUT2D eigenvalue weighted by Gasteiger charge is 2.45. The first kappa shape index (κ1) is 16.8. The van der Waals surface area contributed by atoms with Crippen LogP contribution in [0.15, 0.2) is 36.5 Å². The molecule has 1 aromatic carbocycles. The van der Waals surface area contributed by atoms with E-state index in [0.717, 1.165) is 10.5 Å². The summed E-state index contributed by atoms with van der Waals surface area (Å²) in [5, 5.41) is 2.62. The molecule has 0 radical (unpaired) electrons. The van der Waals surface area contributed by atoms with Gasteiger partial charge in [0.05, 0.1) is 7.11 Å². The summed E-state index contributed by atoms with van der Waals surface area (Å²) in [5.41, 5.74) is 0.0341. The monoisotopic (exact) mass is 341 g/mol. The van der Waals surface area contributed by atoms with Gasteiger partial charge in [0.1, 0.15) is 28.6 Å². The highest BCUT2D eigenvalue weighted by atomic mass is 16.5. The van der Waals surface area contributed by atoms with Crippen molar-refractivity contribution in [3.05, 3.63) is 42.1 Å². The molecule has 7 nitrogen and oxygen atoms in total. The maximum atomic E-state index is 12.4. The second-order valence-corrected chi connectivity index (χ2v) is 6.28. The van der Waals surface area contributed by atoms with Gasteiger partial charge in [-0.3, -0.25) is 4.79 Å². The third-order valence-electron chi connectivity index (χ3n) is 3.92. The van der Waals surface area contributed by atoms with Gasteiger partial charge in [-0.2, -0.15) is 0 Å². The smallest absolute Gasteiger partial charge is 0.330 e. The number of nitrogens with one attached hydrogen (secondary N) is 1. The SMILES string of the molecule is COc1cc(Oc2ccnc(N3C(=O)NC(C)(C)C3=O)c2)ccc1C. The van der Waals surface area contributed by atoms with Crippen molar-refractivity contribution in [1.82, 2.24) is 10.3 Å². The predicted octanol–water partition coefficient (Wildman–Crippen LogP) is 3.03. The van der Waals surface area contributed by atoms with E-state index in [2.05, 4.69) is 10.3 Å². The molecule has 0 unspecified atom stereocenters. The van der Waals surface area contributed by atoms with Crippen molar-refractivity contribution in [3.63, 3.8) is 0 Å². The summed E-state index contributed by atoms with van der Waals surface area (Å²) in [6.07, 6.45) is 1.49. The lowest BCUT2D eigenvalue weighted by Crippen LogP contribution is -2.40. The van der Waals surface area contributed by atoms with Crippen molar-refractivity contribution in [2.24, 2.45) is 0 Å². The number of hydrogen-bond donors (Lipinski definition) is 1. The summed E-state index contributed by atoms with van der Waals surface area (Å²) < 4.78 is 11.1. The number of pyridine rings is 1. The van der Waals surface area contributed by atoms with E-state index in [0.29, 0.717) is 17.2 Å². The van der Waals surface area contributed by atoms with Crippen LogP contribution in [0, 0.1) is 6.92 Å². The Hall–Kier alpha value is -3.09. The number of amides is 3. The molecular weight excluding hydrogens is 322 g/mol. The topological polar surface area (TPSA) is 80.8 Å². The van der Waals surface area contributed by atoms with Crippen molar-refractivity contribution >= 4 is 17.8 Å². The first-order valence-corrected chi connectivity index (χ1v) is 7.77. The molecule has 1 aromatic heterocycles. The molecular formula is C18H19N3O4. The van der Waals surface area contributed by atoms with Gasteiger partial charge in [-0.15, -0.1) is 0 Å². The van der Waals surface area contributed by atoms with Crippen LogP contribution < -0.4 is 19.7 Å². The number of urea groups is 1. The number of nitrogens with zero attached hydrogens (tertiary/aromatic N) is 2. The Morgan fingerprint density at radius 1 is 1.12 bits per heavy atom. The molecule has 1 aliphatic heterocycles. The number of benzene rings is 1. The summed E-state index contributed by atoms with van der Waals surface area (Å²) >= 11 is 0. The van der Waals surface area contributed by atoms with Gasteiger partial charge in [0.15, 0.2) is 0 Å². The van der Waals surface area contributed by atoms with Gasteiger partial charge in [0, 0.05) is 18.3 Å². The largest absolute Gasteiger partial charge is 0.496 e. The third kappa shape index (κ3) is 3.13. The molecule has 1 fully saturated rings. The lowest BCUT2D eigenvalue weighted by atomic mass is 10.1. The molecule has 25 heavy (non-hydrogen) atoms. The number of hydrogen-bond acceptors (Lipinski definition) is 5. The standard InChI is InChI=1S/C18H19N3O4/c1-11-5-6-12(9-14(11)24-4)25-13-7-8-19-15(10-13)21-16(22)18(2,3)20-17(21)23/h5-10H,1-4H3,(H,20,23). The Morgan fingerprint density at radius 3 is 2.48 bits per heavy atom. The average Bonchev–Trinajstić information content (AvgIpc) is 2.77. The molecule has 0 bridgehead atoms. The van der Waals surface area contributed by atoms with Gasteiger partial charge in [0.25, 0.3) is 5.91 Å². The number of carbonyl (C=O) groups excluding carboxylic acids is 2. The van der Waals surface area contributed by atoms with E-state index in [4.69, 9.17) is 9.47 Å². The summed E-state index contributed by atoms with van der Waals surface area (Å²) in [7, 11) is 1.59. The molecule has 0 spiro atoms. The number of imide groups is 1. The molecule has 1 saturated heterocycles. The van der Waals surface area contributed by atoms with Gasteiger partial charge in [0.2, 0.25) is 0 Å². The predicted molar refractivity (Wildman–Crippen MR) is 92.1 cm³/mol. The normalized spacial score (nSPS) is 15.9. The van der Waals surface area contributed by atoms with Crippen molar-refractivity contribution in [3.8, 4) is 17.2 Å². The summed E-state index contributed by atoms with van der Waals surface area (Å²) in [6, 6.07) is 8.17. The highest BCUT2D eigenvalue weighted by Crippen LogP contribution is 2.30. The number of rotatable bonds is 4. The van der Waals surface area contributed by atoms with Crippen molar-refractivity contribution in [2.75, 3.05) is 12.0 Å². The Bertz CT molecular complexity index is 848. The second-order valence-electron chi connectivity index (χ2n) is 6.28. The first-order chi connectivity index (χ1) is 11.8. The fourth-order valence-electron chi connectivity index (χ4n) is 2.54. The maximum Gasteiger partial charge on any atom is 0.330 e. The Labute approximate surface area is 145 Å². The number of ether oxygens (including phenoxy) is 2. The fourth-order valence-corrected chi connectivity index (χ4v) is 2.54. The van der Waals surface area contributed by atoms with E-state index in [-0.39, 0.29) is 11.7 Å². The minimum Gasteiger partial charge on any atom is -0.496 e. The van der Waals surface area contributed by atoms with Gasteiger partial charge < -0.3 is 14.8 Å².